The molecule has 41 heavy (non-hydrogen) atoms. The lowest BCUT2D eigenvalue weighted by atomic mass is 9.92. The molecule has 2 heterocycles. The first kappa shape index (κ1) is 26.0. The van der Waals surface area contributed by atoms with Crippen molar-refractivity contribution in [2.75, 3.05) is 5.32 Å². The summed E-state index contributed by atoms with van der Waals surface area (Å²) in [4.78, 5) is 31.5. The Morgan fingerprint density at radius 1 is 0.780 bits per heavy atom. The Labute approximate surface area is 242 Å². The molecule has 0 saturated heterocycles. The zero-order valence-electron chi connectivity index (χ0n) is 22.1. The molecule has 4 aromatic carbocycles. The number of nitrogens with one attached hydrogen (secondary N) is 2. The number of benzene rings is 4. The van der Waals surface area contributed by atoms with Gasteiger partial charge in [0.05, 0.1) is 22.5 Å². The van der Waals surface area contributed by atoms with E-state index in [0.717, 1.165) is 22.4 Å². The van der Waals surface area contributed by atoms with Gasteiger partial charge in [-0.2, -0.15) is 5.10 Å². The van der Waals surface area contributed by atoms with Crippen LogP contribution in [0.4, 0.5) is 5.69 Å². The lowest BCUT2D eigenvalue weighted by Crippen LogP contribution is -2.17. The van der Waals surface area contributed by atoms with Crippen LogP contribution >= 0.6 is 11.6 Å². The second-order valence-electron chi connectivity index (χ2n) is 9.57. The Morgan fingerprint density at radius 3 is 2.00 bits per heavy atom. The molecule has 6 aromatic rings. The van der Waals surface area contributed by atoms with E-state index in [-0.39, 0.29) is 17.0 Å². The van der Waals surface area contributed by atoms with E-state index in [1.165, 1.54) is 4.68 Å². The molecule has 0 radical (unpaired) electrons. The summed E-state index contributed by atoms with van der Waals surface area (Å²) in [6.45, 7) is 1.87. The molecule has 0 bridgehead atoms. The van der Waals surface area contributed by atoms with Crippen LogP contribution < -0.4 is 5.32 Å². The molecule has 0 atom stereocenters. The first-order valence-corrected chi connectivity index (χ1v) is 13.5. The van der Waals surface area contributed by atoms with Crippen molar-refractivity contribution in [2.24, 2.45) is 0 Å². The third-order valence-electron chi connectivity index (χ3n) is 6.84. The van der Waals surface area contributed by atoms with E-state index in [1.54, 1.807) is 42.6 Å². The van der Waals surface area contributed by atoms with Crippen molar-refractivity contribution in [3.8, 4) is 28.1 Å². The highest BCUT2D eigenvalue weighted by Crippen LogP contribution is 2.38. The van der Waals surface area contributed by atoms with Gasteiger partial charge in [-0.1, -0.05) is 90.5 Å². The first-order valence-electron chi connectivity index (χ1n) is 13.1. The first-order chi connectivity index (χ1) is 20.0. The standard InChI is InChI=1S/C34H25ClN4O2/c1-22-29(30(23-11-5-2-6-12-23)31(36-22)24-13-7-3-8-14-24)33(40)28-21-39(27-19-17-25(35)18-20-27)38-32(28)34(41)37-26-15-9-4-10-16-26/h2-21,36H,1H3,(H,37,41). The van der Waals surface area contributed by atoms with Crippen molar-refractivity contribution in [3.63, 3.8) is 0 Å². The second kappa shape index (κ2) is 11.1. The molecule has 0 spiro atoms. The molecule has 6 nitrogen and oxygen atoms in total. The monoisotopic (exact) mass is 556 g/mol. The van der Waals surface area contributed by atoms with Crippen molar-refractivity contribution in [2.45, 2.75) is 6.92 Å². The average Bonchev–Trinajstić information content (AvgIpc) is 3.61. The molecule has 7 heteroatoms. The minimum absolute atomic E-state index is 0.0228. The normalized spacial score (nSPS) is 10.9. The maximum atomic E-state index is 14.5. The van der Waals surface area contributed by atoms with E-state index in [1.807, 2.05) is 85.8 Å². The molecule has 2 aromatic heterocycles. The molecule has 0 aliphatic heterocycles. The maximum Gasteiger partial charge on any atom is 0.276 e. The van der Waals surface area contributed by atoms with Crippen molar-refractivity contribution >= 4 is 29.0 Å². The van der Waals surface area contributed by atoms with E-state index < -0.39 is 5.91 Å². The number of nitrogens with zero attached hydrogens (tertiary/aromatic N) is 2. The number of amides is 1. The molecule has 0 aliphatic carbocycles. The SMILES string of the molecule is Cc1[nH]c(-c2ccccc2)c(-c2ccccc2)c1C(=O)c1cn(-c2ccc(Cl)cc2)nc1C(=O)Nc1ccccc1. The van der Waals surface area contributed by atoms with Crippen molar-refractivity contribution < 1.29 is 9.59 Å². The molecule has 200 valence electrons. The number of hydrogen-bond acceptors (Lipinski definition) is 3. The van der Waals surface area contributed by atoms with Crippen LogP contribution in [0, 0.1) is 6.92 Å². The fourth-order valence-electron chi connectivity index (χ4n) is 4.90. The second-order valence-corrected chi connectivity index (χ2v) is 10.0. The third kappa shape index (κ3) is 5.21. The van der Waals surface area contributed by atoms with E-state index in [0.29, 0.717) is 27.7 Å². The van der Waals surface area contributed by atoms with Gasteiger partial charge >= 0.3 is 0 Å². The summed E-state index contributed by atoms with van der Waals surface area (Å²) in [7, 11) is 0. The number of anilines is 1. The fourth-order valence-corrected chi connectivity index (χ4v) is 5.03. The quantitative estimate of drug-likeness (QED) is 0.196. The smallest absolute Gasteiger partial charge is 0.276 e. The van der Waals surface area contributed by atoms with Crippen molar-refractivity contribution in [1.29, 1.82) is 0 Å². The average molecular weight is 557 g/mol. The summed E-state index contributed by atoms with van der Waals surface area (Å²) in [5.41, 5.74) is 6.10. The number of carbonyl (C=O) groups is 2. The highest BCUT2D eigenvalue weighted by Gasteiger charge is 2.29. The minimum Gasteiger partial charge on any atom is -0.357 e. The highest BCUT2D eigenvalue weighted by molar-refractivity contribution is 6.30. The van der Waals surface area contributed by atoms with Gasteiger partial charge in [0.25, 0.3) is 5.91 Å². The van der Waals surface area contributed by atoms with Crippen LogP contribution in [0.1, 0.15) is 32.1 Å². The zero-order chi connectivity index (χ0) is 28.3. The van der Waals surface area contributed by atoms with Gasteiger partial charge in [-0.05, 0) is 54.4 Å². The summed E-state index contributed by atoms with van der Waals surface area (Å²) in [6.07, 6.45) is 1.61. The number of rotatable bonds is 7. The Kier molecular flexibility index (Phi) is 7.06. The number of H-pyrrole nitrogens is 1. The maximum absolute atomic E-state index is 14.5. The van der Waals surface area contributed by atoms with Gasteiger partial charge in [0, 0.05) is 28.2 Å². The van der Waals surface area contributed by atoms with E-state index >= 15 is 0 Å². The molecule has 1 amide bonds. The van der Waals surface area contributed by atoms with Crippen LogP contribution in [0.25, 0.3) is 28.1 Å². The Bertz CT molecular complexity index is 1840. The van der Waals surface area contributed by atoms with E-state index in [9.17, 15) is 9.59 Å². The van der Waals surface area contributed by atoms with Crippen LogP contribution in [0.15, 0.2) is 121 Å². The Hall–Kier alpha value is -5.20. The van der Waals surface area contributed by atoms with Crippen LogP contribution in [-0.2, 0) is 0 Å². The summed E-state index contributed by atoms with van der Waals surface area (Å²) in [6, 6.07) is 35.8. The largest absolute Gasteiger partial charge is 0.357 e. The van der Waals surface area contributed by atoms with E-state index in [4.69, 9.17) is 11.6 Å². The van der Waals surface area contributed by atoms with Crippen molar-refractivity contribution in [1.82, 2.24) is 14.8 Å². The highest BCUT2D eigenvalue weighted by atomic mass is 35.5. The molecule has 6 rings (SSSR count). The number of halogens is 1. The van der Waals surface area contributed by atoms with Gasteiger partial charge in [-0.15, -0.1) is 0 Å². The van der Waals surface area contributed by atoms with Gasteiger partial charge in [-0.25, -0.2) is 4.68 Å². The minimum atomic E-state index is -0.481. The van der Waals surface area contributed by atoms with Crippen LogP contribution in [0.2, 0.25) is 5.02 Å². The summed E-state index contributed by atoms with van der Waals surface area (Å²) in [5, 5.41) is 8.03. The number of para-hydroxylation sites is 1. The number of aromatic amines is 1. The van der Waals surface area contributed by atoms with Gasteiger partial charge in [0.15, 0.2) is 11.5 Å². The van der Waals surface area contributed by atoms with Crippen LogP contribution in [0.3, 0.4) is 0 Å². The van der Waals surface area contributed by atoms with Gasteiger partial charge < -0.3 is 10.3 Å². The topological polar surface area (TPSA) is 79.8 Å². The lowest BCUT2D eigenvalue weighted by molar-refractivity contribution is 0.0993. The lowest BCUT2D eigenvalue weighted by Gasteiger charge is -2.09. The van der Waals surface area contributed by atoms with Gasteiger partial charge in [0.2, 0.25) is 0 Å². The molecule has 0 fully saturated rings. The molecule has 0 saturated carbocycles. The van der Waals surface area contributed by atoms with Gasteiger partial charge in [-0.3, -0.25) is 9.59 Å². The van der Waals surface area contributed by atoms with Gasteiger partial charge in [0.1, 0.15) is 0 Å². The van der Waals surface area contributed by atoms with E-state index in [2.05, 4.69) is 15.4 Å². The van der Waals surface area contributed by atoms with Crippen LogP contribution in [-0.4, -0.2) is 26.5 Å². The Morgan fingerprint density at radius 2 is 1.37 bits per heavy atom. The molecule has 0 aliphatic rings. The van der Waals surface area contributed by atoms with Crippen molar-refractivity contribution in [3.05, 3.63) is 149 Å². The number of aryl methyl sites for hydroxylation is 1. The number of aromatic nitrogens is 3. The molecular formula is C34H25ClN4O2. The molecule has 0 unspecified atom stereocenters. The fraction of sp³-hybridized carbons (Fsp3) is 0.0294. The summed E-state index contributed by atoms with van der Waals surface area (Å²) >= 11 is 6.10. The number of hydrogen-bond donors (Lipinski definition) is 2. The molecule has 2 N–H and O–H groups in total. The molecular weight excluding hydrogens is 532 g/mol. The summed E-state index contributed by atoms with van der Waals surface area (Å²) < 4.78 is 1.53. The Balaban J connectivity index is 1.52. The predicted molar refractivity (Wildman–Crippen MR) is 163 cm³/mol. The third-order valence-corrected chi connectivity index (χ3v) is 7.09. The van der Waals surface area contributed by atoms with Crippen LogP contribution in [0.5, 0.6) is 0 Å². The number of ketones is 1. The zero-order valence-corrected chi connectivity index (χ0v) is 22.9. The number of carbonyl (C=O) groups excluding carboxylic acids is 2. The predicted octanol–water partition coefficient (Wildman–Crippen LogP) is 7.98. The summed E-state index contributed by atoms with van der Waals surface area (Å²) in [5.74, 6) is -0.789.